The molecule has 0 rings (SSSR count). The summed E-state index contributed by atoms with van der Waals surface area (Å²) in [5, 5.41) is 9.55. The Labute approximate surface area is 280 Å². The predicted molar refractivity (Wildman–Crippen MR) is 192 cm³/mol. The minimum absolute atomic E-state index is 0.0582. The second-order valence-corrected chi connectivity index (χ2v) is 14.2. The smallest absolute Gasteiger partial charge is 0.306 e. The van der Waals surface area contributed by atoms with Gasteiger partial charge in [-0.3, -0.25) is 9.59 Å². The molecule has 0 aromatic rings. The maximum atomic E-state index is 12.2. The Morgan fingerprint density at radius 3 is 1.18 bits per heavy atom. The lowest BCUT2D eigenvalue weighted by Crippen LogP contribution is -2.28. The fourth-order valence-corrected chi connectivity index (χ4v) is 6.03. The fourth-order valence-electron chi connectivity index (χ4n) is 6.03. The van der Waals surface area contributed by atoms with Crippen LogP contribution in [0, 0.1) is 5.92 Å². The highest BCUT2D eigenvalue weighted by Crippen LogP contribution is 2.16. The van der Waals surface area contributed by atoms with E-state index in [9.17, 15) is 14.7 Å². The van der Waals surface area contributed by atoms with Gasteiger partial charge in [-0.2, -0.15) is 0 Å². The molecule has 0 unspecified atom stereocenters. The van der Waals surface area contributed by atoms with E-state index in [2.05, 4.69) is 20.8 Å². The van der Waals surface area contributed by atoms with Crippen molar-refractivity contribution in [1.82, 2.24) is 0 Å². The van der Waals surface area contributed by atoms with Crippen LogP contribution in [0.4, 0.5) is 0 Å². The van der Waals surface area contributed by atoms with Gasteiger partial charge in [-0.25, -0.2) is 0 Å². The highest BCUT2D eigenvalue weighted by molar-refractivity contribution is 5.70. The van der Waals surface area contributed by atoms with Gasteiger partial charge in [0.25, 0.3) is 0 Å². The van der Waals surface area contributed by atoms with Crippen LogP contribution in [0.2, 0.25) is 0 Å². The van der Waals surface area contributed by atoms with Crippen LogP contribution in [0.5, 0.6) is 0 Å². The summed E-state index contributed by atoms with van der Waals surface area (Å²) < 4.78 is 10.6. The number of hydrogen-bond acceptors (Lipinski definition) is 5. The Kier molecular flexibility index (Phi) is 34.9. The number of aliphatic hydroxyl groups is 1. The number of hydrogen-bond donors (Lipinski definition) is 1. The van der Waals surface area contributed by atoms with Crippen molar-refractivity contribution in [3.63, 3.8) is 0 Å². The highest BCUT2D eigenvalue weighted by Gasteiger charge is 2.16. The molecule has 0 aliphatic heterocycles. The first-order valence-corrected chi connectivity index (χ1v) is 20.0. The lowest BCUT2D eigenvalue weighted by atomic mass is 10.0. The molecule has 0 radical (unpaired) electrons. The predicted octanol–water partition coefficient (Wildman–Crippen LogP) is 12.2. The third-order valence-electron chi connectivity index (χ3n) is 9.08. The average molecular weight is 639 g/mol. The van der Waals surface area contributed by atoms with Crippen LogP contribution in [0.3, 0.4) is 0 Å². The van der Waals surface area contributed by atoms with Crippen molar-refractivity contribution in [1.29, 1.82) is 0 Å². The minimum Gasteiger partial charge on any atom is -0.462 e. The first-order valence-electron chi connectivity index (χ1n) is 20.0. The van der Waals surface area contributed by atoms with Gasteiger partial charge in [0.05, 0.1) is 6.61 Å². The summed E-state index contributed by atoms with van der Waals surface area (Å²) >= 11 is 0. The van der Waals surface area contributed by atoms with Crippen LogP contribution in [0.1, 0.15) is 220 Å². The van der Waals surface area contributed by atoms with E-state index in [0.29, 0.717) is 12.8 Å². The first-order chi connectivity index (χ1) is 22.0. The van der Waals surface area contributed by atoms with Gasteiger partial charge in [-0.15, -0.1) is 0 Å². The summed E-state index contributed by atoms with van der Waals surface area (Å²) in [7, 11) is 0. The quantitative estimate of drug-likeness (QED) is 0.0546. The third kappa shape index (κ3) is 35.6. The second kappa shape index (κ2) is 35.7. The summed E-state index contributed by atoms with van der Waals surface area (Å²) in [5.41, 5.74) is 0. The first kappa shape index (κ1) is 43.9. The average Bonchev–Trinajstić information content (AvgIpc) is 3.02. The van der Waals surface area contributed by atoms with Crippen molar-refractivity contribution in [2.75, 3.05) is 13.2 Å². The molecule has 1 N–H and O–H groups in total. The Morgan fingerprint density at radius 2 is 0.822 bits per heavy atom. The topological polar surface area (TPSA) is 72.8 Å². The maximum Gasteiger partial charge on any atom is 0.306 e. The molecule has 268 valence electrons. The van der Waals surface area contributed by atoms with Gasteiger partial charge in [0.2, 0.25) is 0 Å². The van der Waals surface area contributed by atoms with Crippen LogP contribution >= 0.6 is 0 Å². The fraction of sp³-hybridized carbons (Fsp3) is 0.950. The molecule has 0 aliphatic carbocycles. The van der Waals surface area contributed by atoms with Gasteiger partial charge in [0.1, 0.15) is 6.61 Å². The molecule has 1 atom stereocenters. The van der Waals surface area contributed by atoms with E-state index in [1.54, 1.807) is 0 Å². The molecule has 45 heavy (non-hydrogen) atoms. The van der Waals surface area contributed by atoms with Gasteiger partial charge in [-0.05, 0) is 18.8 Å². The van der Waals surface area contributed by atoms with E-state index in [0.717, 1.165) is 44.4 Å². The van der Waals surface area contributed by atoms with Gasteiger partial charge in [-0.1, -0.05) is 194 Å². The van der Waals surface area contributed by atoms with Gasteiger partial charge in [0, 0.05) is 12.8 Å². The molecule has 5 nitrogen and oxygen atoms in total. The van der Waals surface area contributed by atoms with E-state index >= 15 is 0 Å². The number of esters is 2. The monoisotopic (exact) mass is 639 g/mol. The SMILES string of the molecule is CCCCCCCCCCCCCCCCCCCCC(=O)O[C@@H](CO)COC(=O)CCCCCCCCCCCCC(C)C. The summed E-state index contributed by atoms with van der Waals surface area (Å²) in [6, 6.07) is 0. The normalized spacial score (nSPS) is 12.1. The number of rotatable bonds is 36. The van der Waals surface area contributed by atoms with Gasteiger partial charge in [0.15, 0.2) is 6.10 Å². The summed E-state index contributed by atoms with van der Waals surface area (Å²) in [4.78, 5) is 24.2. The van der Waals surface area contributed by atoms with Crippen molar-refractivity contribution >= 4 is 11.9 Å². The molecule has 0 aromatic heterocycles. The number of carbonyl (C=O) groups is 2. The number of ether oxygens (including phenoxy) is 2. The van der Waals surface area contributed by atoms with Crippen molar-refractivity contribution in [3.8, 4) is 0 Å². The molecule has 0 saturated heterocycles. The van der Waals surface area contributed by atoms with E-state index in [1.807, 2.05) is 0 Å². The van der Waals surface area contributed by atoms with Crippen molar-refractivity contribution < 1.29 is 24.2 Å². The van der Waals surface area contributed by atoms with Gasteiger partial charge < -0.3 is 14.6 Å². The van der Waals surface area contributed by atoms with E-state index in [1.165, 1.54) is 148 Å². The molecule has 0 saturated carbocycles. The van der Waals surface area contributed by atoms with Gasteiger partial charge >= 0.3 is 11.9 Å². The number of carbonyl (C=O) groups excluding carboxylic acids is 2. The third-order valence-corrected chi connectivity index (χ3v) is 9.08. The Hall–Kier alpha value is -1.10. The lowest BCUT2D eigenvalue weighted by molar-refractivity contribution is -0.161. The zero-order valence-corrected chi connectivity index (χ0v) is 30.6. The van der Waals surface area contributed by atoms with E-state index in [-0.39, 0.29) is 25.2 Å². The molecule has 0 aliphatic rings. The summed E-state index contributed by atoms with van der Waals surface area (Å²) in [5.74, 6) is 0.251. The zero-order valence-electron chi connectivity index (χ0n) is 30.6. The molecule has 0 aromatic carbocycles. The zero-order chi connectivity index (χ0) is 33.1. The molecule has 0 amide bonds. The van der Waals surface area contributed by atoms with Crippen molar-refractivity contribution in [2.45, 2.75) is 226 Å². The molecule has 5 heteroatoms. The Morgan fingerprint density at radius 1 is 0.489 bits per heavy atom. The summed E-state index contributed by atoms with van der Waals surface area (Å²) in [6.07, 6.45) is 37.4. The van der Waals surface area contributed by atoms with Crippen LogP contribution < -0.4 is 0 Å². The molecule has 0 fully saturated rings. The molecular formula is C40H78O5. The summed E-state index contributed by atoms with van der Waals surface area (Å²) in [6.45, 7) is 6.49. The number of unbranched alkanes of at least 4 members (excludes halogenated alkanes) is 26. The molecule has 0 bridgehead atoms. The number of aliphatic hydroxyl groups excluding tert-OH is 1. The minimum atomic E-state index is -0.762. The lowest BCUT2D eigenvalue weighted by Gasteiger charge is -2.15. The Bertz CT molecular complexity index is 620. The largest absolute Gasteiger partial charge is 0.462 e. The second-order valence-electron chi connectivity index (χ2n) is 14.2. The van der Waals surface area contributed by atoms with E-state index < -0.39 is 6.10 Å². The van der Waals surface area contributed by atoms with Crippen LogP contribution in [0.15, 0.2) is 0 Å². The molecule has 0 heterocycles. The highest BCUT2D eigenvalue weighted by atomic mass is 16.6. The Balaban J connectivity index is 3.49. The van der Waals surface area contributed by atoms with E-state index in [4.69, 9.17) is 9.47 Å². The maximum absolute atomic E-state index is 12.2. The van der Waals surface area contributed by atoms with Crippen molar-refractivity contribution in [2.24, 2.45) is 5.92 Å². The van der Waals surface area contributed by atoms with Crippen LogP contribution in [0.25, 0.3) is 0 Å². The van der Waals surface area contributed by atoms with Crippen LogP contribution in [-0.4, -0.2) is 36.4 Å². The molecular weight excluding hydrogens is 560 g/mol. The molecule has 0 spiro atoms. The van der Waals surface area contributed by atoms with Crippen molar-refractivity contribution in [3.05, 3.63) is 0 Å². The standard InChI is InChI=1S/C40H78O5/c1-4-5-6-7-8-9-10-11-12-13-14-15-16-17-22-25-28-31-34-40(43)45-38(35-41)36-44-39(42)33-30-27-24-21-19-18-20-23-26-29-32-37(2)3/h37-38,41H,4-36H2,1-3H3/t38-/m0/s1. The van der Waals surface area contributed by atoms with Crippen LogP contribution in [-0.2, 0) is 19.1 Å².